The maximum Gasteiger partial charge on any atom is 0.256 e. The van der Waals surface area contributed by atoms with E-state index in [1.165, 1.54) is 48.2 Å². The molecule has 0 radical (unpaired) electrons. The summed E-state index contributed by atoms with van der Waals surface area (Å²) in [5.74, 6) is -0.392. The summed E-state index contributed by atoms with van der Waals surface area (Å²) in [5.41, 5.74) is 9.12. The number of anilines is 1. The number of rotatable bonds is 6. The number of H-pyrrole nitrogens is 1. The highest BCUT2D eigenvalue weighted by Gasteiger charge is 2.29. The van der Waals surface area contributed by atoms with Gasteiger partial charge in [0.1, 0.15) is 5.82 Å². The molecule has 3 aliphatic rings. The first-order valence-corrected chi connectivity index (χ1v) is 13.6. The summed E-state index contributed by atoms with van der Waals surface area (Å²) >= 11 is 0. The molecule has 2 N–H and O–H groups in total. The molecule has 3 heterocycles. The van der Waals surface area contributed by atoms with E-state index in [9.17, 15) is 9.18 Å². The van der Waals surface area contributed by atoms with Crippen LogP contribution in [0.15, 0.2) is 42.5 Å². The zero-order valence-corrected chi connectivity index (χ0v) is 21.2. The molecule has 37 heavy (non-hydrogen) atoms. The van der Waals surface area contributed by atoms with E-state index in [0.29, 0.717) is 5.57 Å². The van der Waals surface area contributed by atoms with E-state index in [-0.39, 0.29) is 11.7 Å². The molecule has 0 bridgehead atoms. The molecule has 5 nitrogen and oxygen atoms in total. The zero-order valence-electron chi connectivity index (χ0n) is 21.2. The lowest BCUT2D eigenvalue weighted by Gasteiger charge is -2.26. The van der Waals surface area contributed by atoms with E-state index in [1.54, 1.807) is 6.07 Å². The number of carbonyl (C=O) groups excluding carboxylic acids is 1. The summed E-state index contributed by atoms with van der Waals surface area (Å²) in [5, 5.41) is 3.04. The molecular weight excluding hydrogens is 465 g/mol. The Bertz CT molecular complexity index is 1340. The van der Waals surface area contributed by atoms with Crippen LogP contribution in [0, 0.1) is 5.82 Å². The fraction of sp³-hybridized carbons (Fsp3) is 0.387. The molecule has 0 unspecified atom stereocenters. The second-order valence-electron chi connectivity index (χ2n) is 10.3. The number of fused-ring (bicyclic) bond motifs is 2. The third kappa shape index (κ3) is 5.00. The highest BCUT2D eigenvalue weighted by molar-refractivity contribution is 6.36. The van der Waals surface area contributed by atoms with Crippen molar-refractivity contribution < 1.29 is 13.9 Å². The maximum atomic E-state index is 14.1. The summed E-state index contributed by atoms with van der Waals surface area (Å²) in [6.07, 6.45) is 9.95. The fourth-order valence-corrected chi connectivity index (χ4v) is 6.10. The summed E-state index contributed by atoms with van der Waals surface area (Å²) in [6, 6.07) is 12.4. The number of ether oxygens (including phenoxy) is 1. The van der Waals surface area contributed by atoms with Crippen LogP contribution in [0.3, 0.4) is 0 Å². The van der Waals surface area contributed by atoms with Gasteiger partial charge < -0.3 is 15.0 Å². The first-order valence-electron chi connectivity index (χ1n) is 13.6. The molecule has 1 saturated heterocycles. The third-order valence-electron chi connectivity index (χ3n) is 7.95. The average molecular weight is 500 g/mol. The zero-order chi connectivity index (χ0) is 25.2. The van der Waals surface area contributed by atoms with Gasteiger partial charge in [0, 0.05) is 35.7 Å². The van der Waals surface area contributed by atoms with Gasteiger partial charge in [-0.3, -0.25) is 9.69 Å². The van der Waals surface area contributed by atoms with Gasteiger partial charge in [0.25, 0.3) is 5.91 Å². The molecule has 1 aliphatic carbocycles. The van der Waals surface area contributed by atoms with Crippen molar-refractivity contribution in [1.82, 2.24) is 9.88 Å². The van der Waals surface area contributed by atoms with Gasteiger partial charge in [-0.25, -0.2) is 4.39 Å². The van der Waals surface area contributed by atoms with Gasteiger partial charge in [0.2, 0.25) is 0 Å². The summed E-state index contributed by atoms with van der Waals surface area (Å²) in [7, 11) is 0. The number of nitrogens with one attached hydrogen (secondary N) is 2. The number of halogens is 1. The fourth-order valence-electron chi connectivity index (χ4n) is 6.10. The maximum absolute atomic E-state index is 14.1. The van der Waals surface area contributed by atoms with Crippen molar-refractivity contribution >= 4 is 23.2 Å². The third-order valence-corrected chi connectivity index (χ3v) is 7.95. The lowest BCUT2D eigenvalue weighted by atomic mass is 9.93. The van der Waals surface area contributed by atoms with Crippen molar-refractivity contribution in [1.29, 1.82) is 0 Å². The summed E-state index contributed by atoms with van der Waals surface area (Å²) in [4.78, 5) is 19.4. The van der Waals surface area contributed by atoms with Gasteiger partial charge in [-0.15, -0.1) is 0 Å². The van der Waals surface area contributed by atoms with Crippen LogP contribution >= 0.6 is 0 Å². The Morgan fingerprint density at radius 3 is 2.73 bits per heavy atom. The van der Waals surface area contributed by atoms with Gasteiger partial charge in [0.15, 0.2) is 0 Å². The van der Waals surface area contributed by atoms with Crippen LogP contribution in [-0.2, 0) is 28.8 Å². The Morgan fingerprint density at radius 2 is 1.86 bits per heavy atom. The number of nitrogens with zero attached hydrogens (tertiary/aromatic N) is 1. The van der Waals surface area contributed by atoms with Gasteiger partial charge >= 0.3 is 0 Å². The summed E-state index contributed by atoms with van der Waals surface area (Å²) in [6.45, 7) is 4.70. The van der Waals surface area contributed by atoms with Crippen molar-refractivity contribution in [2.45, 2.75) is 44.9 Å². The lowest BCUT2D eigenvalue weighted by Crippen LogP contribution is -2.37. The molecule has 1 fully saturated rings. The van der Waals surface area contributed by atoms with Gasteiger partial charge in [-0.1, -0.05) is 30.7 Å². The van der Waals surface area contributed by atoms with Crippen molar-refractivity contribution in [3.8, 4) is 11.1 Å². The average Bonchev–Trinajstić information content (AvgIpc) is 3.29. The second kappa shape index (κ2) is 10.6. The van der Waals surface area contributed by atoms with Crippen molar-refractivity contribution in [2.75, 3.05) is 38.2 Å². The molecule has 0 spiro atoms. The van der Waals surface area contributed by atoms with E-state index in [0.717, 1.165) is 86.6 Å². The normalized spacial score (nSPS) is 18.9. The topological polar surface area (TPSA) is 57.4 Å². The van der Waals surface area contributed by atoms with Crippen LogP contribution in [0.25, 0.3) is 22.8 Å². The van der Waals surface area contributed by atoms with E-state index >= 15 is 0 Å². The van der Waals surface area contributed by atoms with E-state index < -0.39 is 0 Å². The van der Waals surface area contributed by atoms with Crippen LogP contribution in [0.4, 0.5) is 10.1 Å². The number of aromatic amines is 1. The number of hydrogen-bond donors (Lipinski definition) is 2. The van der Waals surface area contributed by atoms with Crippen LogP contribution < -0.4 is 5.32 Å². The monoisotopic (exact) mass is 499 g/mol. The van der Waals surface area contributed by atoms with Gasteiger partial charge in [0.05, 0.1) is 18.8 Å². The molecule has 2 aliphatic heterocycles. The van der Waals surface area contributed by atoms with Crippen LogP contribution in [-0.4, -0.2) is 48.6 Å². The summed E-state index contributed by atoms with van der Waals surface area (Å²) < 4.78 is 19.6. The predicted octanol–water partition coefficient (Wildman–Crippen LogP) is 5.85. The number of benzene rings is 2. The van der Waals surface area contributed by atoms with Crippen molar-refractivity contribution in [2.24, 2.45) is 0 Å². The minimum absolute atomic E-state index is 0.108. The molecule has 3 aromatic rings. The number of aromatic nitrogens is 1. The van der Waals surface area contributed by atoms with Crippen LogP contribution in [0.1, 0.15) is 53.8 Å². The van der Waals surface area contributed by atoms with Crippen molar-refractivity contribution in [3.63, 3.8) is 0 Å². The Kier molecular flexibility index (Phi) is 6.94. The number of carbonyl (C=O) groups is 1. The van der Waals surface area contributed by atoms with Crippen LogP contribution in [0.5, 0.6) is 0 Å². The highest BCUT2D eigenvalue weighted by atomic mass is 19.1. The number of hydrogen-bond acceptors (Lipinski definition) is 3. The number of aryl methyl sites for hydroxylation is 1. The second-order valence-corrected chi connectivity index (χ2v) is 10.3. The number of amides is 1. The minimum atomic E-state index is -0.284. The molecule has 0 saturated carbocycles. The number of morpholine rings is 1. The standard InChI is InChI=1S/C31H34FN3O2/c32-22-8-4-7-21(19-22)23-10-5-13-28-30(23)26(31(36)34-28)20-29-25(11-6-14-35-15-17-37-18-16-35)24-9-2-1-3-12-27(24)33-29/h4-5,7-8,10,13,19-20,33H,1-3,6,9,11-12,14-18H2,(H,34,36). The Morgan fingerprint density at radius 1 is 1.03 bits per heavy atom. The molecule has 192 valence electrons. The predicted molar refractivity (Wildman–Crippen MR) is 146 cm³/mol. The molecule has 1 aromatic heterocycles. The van der Waals surface area contributed by atoms with E-state index in [4.69, 9.17) is 4.74 Å². The minimum Gasteiger partial charge on any atom is -0.379 e. The largest absolute Gasteiger partial charge is 0.379 e. The first kappa shape index (κ1) is 24.1. The van der Waals surface area contributed by atoms with Gasteiger partial charge in [-0.2, -0.15) is 0 Å². The molecular formula is C31H34FN3O2. The molecule has 6 rings (SSSR count). The quantitative estimate of drug-likeness (QED) is 0.331. The highest BCUT2D eigenvalue weighted by Crippen LogP contribution is 2.41. The molecule has 1 amide bonds. The van der Waals surface area contributed by atoms with Gasteiger partial charge in [-0.05, 0) is 91.6 Å². The van der Waals surface area contributed by atoms with E-state index in [2.05, 4.69) is 15.2 Å². The SMILES string of the molecule is O=C1Nc2cccc(-c3cccc(F)c3)c2C1=Cc1[nH]c2c(c1CCCN1CCOCC1)CCCCC2. The smallest absolute Gasteiger partial charge is 0.256 e. The van der Waals surface area contributed by atoms with Crippen LogP contribution in [0.2, 0.25) is 0 Å². The molecule has 0 atom stereocenters. The Balaban J connectivity index is 1.37. The molecule has 2 aromatic carbocycles. The molecule has 6 heteroatoms. The Hall–Kier alpha value is -3.22. The Labute approximate surface area is 217 Å². The van der Waals surface area contributed by atoms with E-state index in [1.807, 2.05) is 30.3 Å². The lowest BCUT2D eigenvalue weighted by molar-refractivity contribution is -0.110. The first-order chi connectivity index (χ1) is 18.2. The van der Waals surface area contributed by atoms with Crippen molar-refractivity contribution in [3.05, 3.63) is 76.4 Å².